The summed E-state index contributed by atoms with van der Waals surface area (Å²) in [5, 5.41) is 6.34. The van der Waals surface area contributed by atoms with Gasteiger partial charge in [0.2, 0.25) is 11.8 Å². The van der Waals surface area contributed by atoms with Gasteiger partial charge in [0, 0.05) is 57.1 Å². The Morgan fingerprint density at radius 1 is 0.962 bits per heavy atom. The molecule has 5 amide bonds. The van der Waals surface area contributed by atoms with Gasteiger partial charge >= 0.3 is 12.1 Å². The van der Waals surface area contributed by atoms with Gasteiger partial charge in [0.1, 0.15) is 29.1 Å². The summed E-state index contributed by atoms with van der Waals surface area (Å²) in [7, 11) is 0. The molecular weight excluding hydrogens is 684 g/mol. The van der Waals surface area contributed by atoms with Crippen LogP contribution in [-0.4, -0.2) is 126 Å². The predicted octanol–water partition coefficient (Wildman–Crippen LogP) is 2.96. The Labute approximate surface area is 310 Å². The smallest absolute Gasteiger partial charge is 0.409 e. The summed E-state index contributed by atoms with van der Waals surface area (Å²) < 4.78 is 16.6. The Hall–Kier alpha value is -4.95. The number of esters is 1. The number of aromatic nitrogens is 1. The number of likely N-dealkylation sites (tertiary alicyclic amines) is 1. The molecule has 0 spiro atoms. The van der Waals surface area contributed by atoms with Gasteiger partial charge in [-0.15, -0.1) is 0 Å². The van der Waals surface area contributed by atoms with E-state index in [2.05, 4.69) is 15.6 Å². The maximum Gasteiger partial charge on any atom is 0.409 e. The molecule has 5 rings (SSSR count). The van der Waals surface area contributed by atoms with E-state index in [1.807, 2.05) is 13.0 Å². The molecule has 2 aromatic rings. The first-order chi connectivity index (χ1) is 25.2. The number of nitrogens with zero attached hydrogens (tertiary/aromatic N) is 4. The van der Waals surface area contributed by atoms with Crippen molar-refractivity contribution in [1.82, 2.24) is 30.3 Å². The summed E-state index contributed by atoms with van der Waals surface area (Å²) in [4.78, 5) is 88.1. The summed E-state index contributed by atoms with van der Waals surface area (Å²) >= 11 is 0. The van der Waals surface area contributed by atoms with Crippen molar-refractivity contribution in [2.45, 2.75) is 90.8 Å². The van der Waals surface area contributed by atoms with Gasteiger partial charge in [0.15, 0.2) is 6.61 Å². The average Bonchev–Trinajstić information content (AvgIpc) is 3.82. The van der Waals surface area contributed by atoms with Crippen molar-refractivity contribution in [3.8, 4) is 5.75 Å². The van der Waals surface area contributed by atoms with E-state index in [0.29, 0.717) is 42.8 Å². The van der Waals surface area contributed by atoms with Gasteiger partial charge in [-0.25, -0.2) is 9.78 Å². The highest BCUT2D eigenvalue weighted by Gasteiger charge is 2.36. The maximum absolute atomic E-state index is 13.9. The van der Waals surface area contributed by atoms with Gasteiger partial charge in [-0.1, -0.05) is 6.07 Å². The van der Waals surface area contributed by atoms with Crippen molar-refractivity contribution in [2.24, 2.45) is 5.92 Å². The molecule has 2 aliphatic heterocycles. The molecule has 2 atom stereocenters. The number of rotatable bonds is 13. The van der Waals surface area contributed by atoms with E-state index in [9.17, 15) is 28.8 Å². The molecule has 53 heavy (non-hydrogen) atoms. The second-order valence-corrected chi connectivity index (χ2v) is 14.9. The zero-order valence-corrected chi connectivity index (χ0v) is 31.4. The van der Waals surface area contributed by atoms with Crippen LogP contribution in [0.25, 0.3) is 10.9 Å². The second-order valence-electron chi connectivity index (χ2n) is 14.9. The Bertz CT molecular complexity index is 1700. The minimum Gasteiger partial charge on any atom is -0.483 e. The largest absolute Gasteiger partial charge is 0.483 e. The van der Waals surface area contributed by atoms with Crippen LogP contribution in [0.5, 0.6) is 5.75 Å². The quantitative estimate of drug-likeness (QED) is 0.291. The van der Waals surface area contributed by atoms with Crippen molar-refractivity contribution >= 4 is 46.6 Å². The fourth-order valence-electron chi connectivity index (χ4n) is 6.48. The molecule has 1 aromatic heterocycles. The van der Waals surface area contributed by atoms with Crippen LogP contribution in [0.15, 0.2) is 24.3 Å². The SMILES string of the molecule is CCOC(=O)N1CCN(C(=O)[C@H](CCC(=O)OC(C)(C)C)NC(=O)c2cc(OCC(=O)N3CCC[C@H]3C(=O)NCC3CC3)c3ccc(C)cc3n2)CC1. The number of amides is 5. The lowest BCUT2D eigenvalue weighted by molar-refractivity contribution is -0.155. The molecule has 2 N–H and O–H groups in total. The minimum absolute atomic E-state index is 0.0344. The molecular formula is C38H52N6O9. The summed E-state index contributed by atoms with van der Waals surface area (Å²) in [6, 6.07) is 5.22. The number of hydrogen-bond donors (Lipinski definition) is 2. The first-order valence-corrected chi connectivity index (χ1v) is 18.6. The van der Waals surface area contributed by atoms with Gasteiger partial charge in [-0.05, 0) is 90.3 Å². The number of aryl methyl sites for hydroxylation is 1. The van der Waals surface area contributed by atoms with E-state index < -0.39 is 41.6 Å². The van der Waals surface area contributed by atoms with Crippen LogP contribution >= 0.6 is 0 Å². The zero-order chi connectivity index (χ0) is 38.3. The molecule has 2 saturated heterocycles. The number of benzene rings is 1. The summed E-state index contributed by atoms with van der Waals surface area (Å²) in [6.45, 7) is 10.7. The molecule has 0 bridgehead atoms. The Morgan fingerprint density at radius 3 is 2.36 bits per heavy atom. The molecule has 288 valence electrons. The first-order valence-electron chi connectivity index (χ1n) is 18.6. The lowest BCUT2D eigenvalue weighted by Gasteiger charge is -2.36. The van der Waals surface area contributed by atoms with Gasteiger partial charge in [-0.2, -0.15) is 0 Å². The molecule has 1 saturated carbocycles. The number of nitrogens with one attached hydrogen (secondary N) is 2. The van der Waals surface area contributed by atoms with E-state index in [1.54, 1.807) is 49.6 Å². The third kappa shape index (κ3) is 10.8. The van der Waals surface area contributed by atoms with Crippen LogP contribution in [-0.2, 0) is 28.7 Å². The van der Waals surface area contributed by atoms with Gasteiger partial charge in [0.25, 0.3) is 11.8 Å². The predicted molar refractivity (Wildman–Crippen MR) is 194 cm³/mol. The van der Waals surface area contributed by atoms with Crippen LogP contribution in [0.2, 0.25) is 0 Å². The standard InChI is InChI=1S/C38H52N6O9/c1-6-51-37(50)43-18-16-42(17-19-43)36(49)27(13-14-33(46)53-38(3,4)5)41-34(47)29-21-31(26-12-9-24(2)20-28(26)40-29)52-23-32(45)44-15-7-8-30(44)35(48)39-22-25-10-11-25/h9,12,20-21,25,27,30H,6-8,10-11,13-19,22-23H2,1-5H3,(H,39,48)(H,41,47)/t27-,30-/m0/s1. The van der Waals surface area contributed by atoms with Gasteiger partial charge in [-0.3, -0.25) is 24.0 Å². The van der Waals surface area contributed by atoms with E-state index in [1.165, 1.54) is 11.0 Å². The topological polar surface area (TPSA) is 177 Å². The Balaban J connectivity index is 1.31. The van der Waals surface area contributed by atoms with Crippen molar-refractivity contribution in [3.63, 3.8) is 0 Å². The van der Waals surface area contributed by atoms with E-state index in [0.717, 1.165) is 18.4 Å². The number of ether oxygens (including phenoxy) is 3. The first kappa shape index (κ1) is 39.3. The van der Waals surface area contributed by atoms with Crippen molar-refractivity contribution < 1.29 is 43.0 Å². The van der Waals surface area contributed by atoms with Crippen LogP contribution in [0, 0.1) is 12.8 Å². The molecule has 1 aromatic carbocycles. The number of hydrogen-bond acceptors (Lipinski definition) is 10. The molecule has 3 fully saturated rings. The molecule has 3 heterocycles. The lowest BCUT2D eigenvalue weighted by Crippen LogP contribution is -2.56. The average molecular weight is 737 g/mol. The van der Waals surface area contributed by atoms with E-state index >= 15 is 0 Å². The van der Waals surface area contributed by atoms with Crippen molar-refractivity contribution in [1.29, 1.82) is 0 Å². The van der Waals surface area contributed by atoms with Crippen LogP contribution < -0.4 is 15.4 Å². The highest BCUT2D eigenvalue weighted by atomic mass is 16.6. The highest BCUT2D eigenvalue weighted by molar-refractivity contribution is 5.99. The third-order valence-corrected chi connectivity index (χ3v) is 9.43. The summed E-state index contributed by atoms with van der Waals surface area (Å²) in [5.41, 5.74) is 0.553. The van der Waals surface area contributed by atoms with Crippen molar-refractivity contribution in [3.05, 3.63) is 35.5 Å². The monoisotopic (exact) mass is 736 g/mol. The van der Waals surface area contributed by atoms with Crippen LogP contribution in [0.3, 0.4) is 0 Å². The van der Waals surface area contributed by atoms with Gasteiger partial charge in [0.05, 0.1) is 12.1 Å². The number of piperazine rings is 1. The molecule has 1 aliphatic carbocycles. The molecule has 0 radical (unpaired) electrons. The maximum atomic E-state index is 13.9. The zero-order valence-electron chi connectivity index (χ0n) is 31.4. The van der Waals surface area contributed by atoms with Crippen LogP contribution in [0.1, 0.15) is 82.3 Å². The second kappa shape index (κ2) is 17.3. The fourth-order valence-corrected chi connectivity index (χ4v) is 6.48. The van der Waals surface area contributed by atoms with Crippen LogP contribution in [0.4, 0.5) is 4.79 Å². The minimum atomic E-state index is -1.11. The Morgan fingerprint density at radius 2 is 1.68 bits per heavy atom. The number of carbonyl (C=O) groups excluding carboxylic acids is 6. The lowest BCUT2D eigenvalue weighted by atomic mass is 10.1. The fraction of sp³-hybridized carbons (Fsp3) is 0.605. The molecule has 15 heteroatoms. The molecule has 15 nitrogen and oxygen atoms in total. The number of carbonyl (C=O) groups is 6. The number of fused-ring (bicyclic) bond motifs is 1. The van der Waals surface area contributed by atoms with Gasteiger partial charge < -0.3 is 39.5 Å². The summed E-state index contributed by atoms with van der Waals surface area (Å²) in [6.07, 6.45) is 2.89. The highest BCUT2D eigenvalue weighted by Crippen LogP contribution is 2.29. The molecule has 3 aliphatic rings. The normalized spacial score (nSPS) is 18.0. The van der Waals surface area contributed by atoms with E-state index in [4.69, 9.17) is 14.2 Å². The number of pyridine rings is 1. The molecule has 0 unspecified atom stereocenters. The van der Waals surface area contributed by atoms with E-state index in [-0.39, 0.29) is 75.5 Å². The van der Waals surface area contributed by atoms with Crippen molar-refractivity contribution in [2.75, 3.05) is 52.5 Å². The Kier molecular flexibility index (Phi) is 12.8. The third-order valence-electron chi connectivity index (χ3n) is 9.43. The summed E-state index contributed by atoms with van der Waals surface area (Å²) in [5.74, 6) is -1.33.